The number of hydrogen-bond acceptors (Lipinski definition) is 5. The van der Waals surface area contributed by atoms with Gasteiger partial charge in [-0.25, -0.2) is 14.6 Å². The lowest BCUT2D eigenvalue weighted by Gasteiger charge is -2.23. The number of carboxylic acid groups (broad SMARTS) is 2. The smallest absolute Gasteiger partial charge is 0.343 e. The fourth-order valence-electron chi connectivity index (χ4n) is 3.76. The van der Waals surface area contributed by atoms with Crippen LogP contribution in [-0.2, 0) is 9.59 Å². The molecular weight excluding hydrogens is 384 g/mol. The van der Waals surface area contributed by atoms with E-state index in [9.17, 15) is 19.8 Å². The topological polar surface area (TPSA) is 99.4 Å². The maximum atomic E-state index is 11.6. The maximum absolute atomic E-state index is 11.6. The SMILES string of the molecule is CCN(CC)c1ccc2c(c1)Oc1cc(=C(C(=O)O)C(=O)O)c3ccccc3c1=N2. The summed E-state index contributed by atoms with van der Waals surface area (Å²) < 4.78 is 6.10. The monoisotopic (exact) mass is 404 g/mol. The molecule has 1 aliphatic rings. The molecule has 0 aliphatic carbocycles. The summed E-state index contributed by atoms with van der Waals surface area (Å²) in [5.74, 6) is -2.15. The molecule has 0 atom stereocenters. The van der Waals surface area contributed by atoms with Crippen molar-refractivity contribution in [2.75, 3.05) is 18.0 Å². The highest BCUT2D eigenvalue weighted by Crippen LogP contribution is 2.37. The van der Waals surface area contributed by atoms with Crippen LogP contribution in [-0.4, -0.2) is 35.2 Å². The summed E-state index contributed by atoms with van der Waals surface area (Å²) in [5.41, 5.74) is 0.944. The first-order valence-corrected chi connectivity index (χ1v) is 9.62. The number of fused-ring (bicyclic) bond motifs is 4. The van der Waals surface area contributed by atoms with Gasteiger partial charge < -0.3 is 19.8 Å². The highest BCUT2D eigenvalue weighted by atomic mass is 16.5. The molecule has 1 heterocycles. The van der Waals surface area contributed by atoms with Gasteiger partial charge in [-0.3, -0.25) is 0 Å². The van der Waals surface area contributed by atoms with Crippen molar-refractivity contribution >= 4 is 39.7 Å². The van der Waals surface area contributed by atoms with Crippen LogP contribution in [0.4, 0.5) is 11.4 Å². The largest absolute Gasteiger partial charge is 0.477 e. The van der Waals surface area contributed by atoms with E-state index in [0.29, 0.717) is 33.3 Å². The van der Waals surface area contributed by atoms with E-state index in [1.165, 1.54) is 6.07 Å². The molecule has 0 aromatic heterocycles. The number of hydrogen-bond donors (Lipinski definition) is 2. The van der Waals surface area contributed by atoms with Crippen LogP contribution in [0.3, 0.4) is 0 Å². The Hall–Kier alpha value is -3.87. The lowest BCUT2D eigenvalue weighted by molar-refractivity contribution is -0.136. The number of aliphatic carboxylic acids is 2. The molecule has 3 aromatic rings. The zero-order chi connectivity index (χ0) is 21.4. The van der Waals surface area contributed by atoms with Crippen molar-refractivity contribution in [2.24, 2.45) is 4.99 Å². The average molecular weight is 404 g/mol. The predicted octanol–water partition coefficient (Wildman–Crippen LogP) is 3.06. The minimum absolute atomic E-state index is 0.0860. The molecule has 4 rings (SSSR count). The number of benzene rings is 3. The van der Waals surface area contributed by atoms with Crippen molar-refractivity contribution in [3.63, 3.8) is 0 Å². The molecule has 3 aromatic carbocycles. The van der Waals surface area contributed by atoms with E-state index in [2.05, 4.69) is 18.7 Å². The lowest BCUT2D eigenvalue weighted by Crippen LogP contribution is -2.25. The number of rotatable bonds is 5. The molecule has 0 saturated carbocycles. The summed E-state index contributed by atoms with van der Waals surface area (Å²) in [7, 11) is 0. The Bertz CT molecular complexity index is 1290. The van der Waals surface area contributed by atoms with Gasteiger partial charge in [-0.05, 0) is 37.4 Å². The summed E-state index contributed by atoms with van der Waals surface area (Å²) in [6, 6.07) is 14.2. The van der Waals surface area contributed by atoms with Crippen LogP contribution in [0, 0.1) is 0 Å². The Morgan fingerprint density at radius 1 is 0.933 bits per heavy atom. The molecule has 1 aliphatic heterocycles. The van der Waals surface area contributed by atoms with Gasteiger partial charge in [-0.1, -0.05) is 24.3 Å². The van der Waals surface area contributed by atoms with Crippen molar-refractivity contribution in [3.8, 4) is 11.5 Å². The molecule has 0 radical (unpaired) electrons. The fraction of sp³-hybridized carbons (Fsp3) is 0.174. The van der Waals surface area contributed by atoms with E-state index in [0.717, 1.165) is 18.8 Å². The van der Waals surface area contributed by atoms with Gasteiger partial charge in [0, 0.05) is 35.4 Å². The van der Waals surface area contributed by atoms with Crippen LogP contribution in [0.2, 0.25) is 0 Å². The quantitative estimate of drug-likeness (QED) is 0.496. The second-order valence-corrected chi connectivity index (χ2v) is 6.84. The van der Waals surface area contributed by atoms with E-state index >= 15 is 0 Å². The molecule has 0 unspecified atom stereocenters. The van der Waals surface area contributed by atoms with Gasteiger partial charge in [0.05, 0.1) is 0 Å². The van der Waals surface area contributed by atoms with E-state index in [-0.39, 0.29) is 5.22 Å². The number of ether oxygens (including phenoxy) is 1. The Kier molecular flexibility index (Phi) is 4.87. The molecule has 0 saturated heterocycles. The van der Waals surface area contributed by atoms with Crippen molar-refractivity contribution in [1.82, 2.24) is 0 Å². The first-order chi connectivity index (χ1) is 14.4. The highest BCUT2D eigenvalue weighted by Gasteiger charge is 2.22. The van der Waals surface area contributed by atoms with E-state index in [1.54, 1.807) is 24.3 Å². The minimum atomic E-state index is -1.51. The molecule has 152 valence electrons. The molecule has 0 fully saturated rings. The minimum Gasteiger partial charge on any atom is -0.477 e. The van der Waals surface area contributed by atoms with Gasteiger partial charge in [-0.15, -0.1) is 0 Å². The summed E-state index contributed by atoms with van der Waals surface area (Å²) in [6.45, 7) is 5.81. The number of carbonyl (C=O) groups is 2. The molecule has 2 N–H and O–H groups in total. The predicted molar refractivity (Wildman–Crippen MR) is 113 cm³/mol. The van der Waals surface area contributed by atoms with Crippen molar-refractivity contribution in [3.05, 3.63) is 59.1 Å². The van der Waals surface area contributed by atoms with Gasteiger partial charge in [0.2, 0.25) is 0 Å². The summed E-state index contributed by atoms with van der Waals surface area (Å²) in [6.07, 6.45) is 0. The Labute approximate surface area is 172 Å². The molecule has 0 amide bonds. The van der Waals surface area contributed by atoms with Crippen molar-refractivity contribution < 1.29 is 24.5 Å². The fourth-order valence-corrected chi connectivity index (χ4v) is 3.76. The van der Waals surface area contributed by atoms with Crippen LogP contribution in [0.1, 0.15) is 13.8 Å². The van der Waals surface area contributed by atoms with Crippen LogP contribution < -0.4 is 20.2 Å². The third kappa shape index (κ3) is 3.14. The highest BCUT2D eigenvalue weighted by molar-refractivity contribution is 6.36. The van der Waals surface area contributed by atoms with Crippen LogP contribution in [0.15, 0.2) is 53.5 Å². The molecule has 7 nitrogen and oxygen atoms in total. The zero-order valence-corrected chi connectivity index (χ0v) is 16.5. The van der Waals surface area contributed by atoms with Gasteiger partial charge >= 0.3 is 11.9 Å². The van der Waals surface area contributed by atoms with E-state index in [1.807, 2.05) is 18.2 Å². The van der Waals surface area contributed by atoms with E-state index in [4.69, 9.17) is 9.73 Å². The molecule has 30 heavy (non-hydrogen) atoms. The Morgan fingerprint density at radius 3 is 2.23 bits per heavy atom. The van der Waals surface area contributed by atoms with Crippen molar-refractivity contribution in [2.45, 2.75) is 13.8 Å². The normalized spacial score (nSPS) is 11.7. The third-order valence-electron chi connectivity index (χ3n) is 5.20. The van der Waals surface area contributed by atoms with Gasteiger partial charge in [-0.2, -0.15) is 0 Å². The summed E-state index contributed by atoms with van der Waals surface area (Å²) in [4.78, 5) is 30.2. The summed E-state index contributed by atoms with van der Waals surface area (Å²) in [5, 5.41) is 20.7. The van der Waals surface area contributed by atoms with Gasteiger partial charge in [0.1, 0.15) is 11.0 Å². The van der Waals surface area contributed by atoms with Crippen LogP contribution >= 0.6 is 0 Å². The Balaban J connectivity index is 2.04. The zero-order valence-electron chi connectivity index (χ0n) is 16.5. The average Bonchev–Trinajstić information content (AvgIpc) is 2.73. The lowest BCUT2D eigenvalue weighted by atomic mass is 10.0. The van der Waals surface area contributed by atoms with Gasteiger partial charge in [0.15, 0.2) is 17.1 Å². The van der Waals surface area contributed by atoms with Crippen LogP contribution in [0.5, 0.6) is 11.5 Å². The number of nitrogens with zero attached hydrogens (tertiary/aromatic N) is 2. The molecular formula is C23H20N2O5. The number of anilines is 1. The maximum Gasteiger partial charge on any atom is 0.343 e. The molecule has 0 spiro atoms. The second-order valence-electron chi connectivity index (χ2n) is 6.84. The van der Waals surface area contributed by atoms with Gasteiger partial charge in [0.25, 0.3) is 0 Å². The number of carboxylic acids is 2. The van der Waals surface area contributed by atoms with Crippen LogP contribution in [0.25, 0.3) is 16.3 Å². The summed E-state index contributed by atoms with van der Waals surface area (Å²) >= 11 is 0. The second kappa shape index (κ2) is 7.51. The standard InChI is InChI=1S/C23H20N2O5/c1-3-25(4-2)13-9-10-17-18(11-13)30-19-12-16(20(22(26)27)23(28)29)14-7-5-6-8-15(14)21(19)24-17/h5-12H,3-4H2,1-2H3,(H,26,27)(H,28,29). The Morgan fingerprint density at radius 2 is 1.60 bits per heavy atom. The first-order valence-electron chi connectivity index (χ1n) is 9.62. The third-order valence-corrected chi connectivity index (χ3v) is 5.20. The first kappa shape index (κ1) is 19.4. The molecule has 0 bridgehead atoms. The molecule has 7 heteroatoms. The van der Waals surface area contributed by atoms with Crippen molar-refractivity contribution in [1.29, 1.82) is 0 Å². The van der Waals surface area contributed by atoms with E-state index < -0.39 is 17.5 Å².